The summed E-state index contributed by atoms with van der Waals surface area (Å²) in [6.45, 7) is 1.80. The molecule has 1 N–H and O–H groups in total. The molecule has 1 atom stereocenters. The first-order valence-corrected chi connectivity index (χ1v) is 10.6. The van der Waals surface area contributed by atoms with Crippen molar-refractivity contribution in [2.24, 2.45) is 0 Å². The van der Waals surface area contributed by atoms with Crippen LogP contribution in [0.25, 0.3) is 10.8 Å². The van der Waals surface area contributed by atoms with E-state index in [1.807, 2.05) is 42.5 Å². The Hall–Kier alpha value is -2.86. The third-order valence-electron chi connectivity index (χ3n) is 4.39. The maximum absolute atomic E-state index is 13.0. The minimum atomic E-state index is -3.64. The number of hydrogen-bond donors (Lipinski definition) is 1. The molecule has 27 heavy (non-hydrogen) atoms. The van der Waals surface area contributed by atoms with Crippen LogP contribution in [-0.2, 0) is 14.8 Å². The van der Waals surface area contributed by atoms with Gasteiger partial charge < -0.3 is 5.32 Å². The maximum atomic E-state index is 13.0. The maximum Gasteiger partial charge on any atom is 0.248 e. The summed E-state index contributed by atoms with van der Waals surface area (Å²) in [5.41, 5.74) is 1.14. The minimum Gasteiger partial charge on any atom is -0.324 e. The number of benzene rings is 3. The third kappa shape index (κ3) is 4.11. The molecule has 1 amide bonds. The second kappa shape index (κ2) is 7.80. The zero-order valence-corrected chi connectivity index (χ0v) is 16.1. The highest BCUT2D eigenvalue weighted by molar-refractivity contribution is 7.92. The smallest absolute Gasteiger partial charge is 0.248 e. The van der Waals surface area contributed by atoms with E-state index in [1.165, 1.54) is 4.31 Å². The van der Waals surface area contributed by atoms with E-state index in [2.05, 4.69) is 5.32 Å². The lowest BCUT2D eigenvalue weighted by molar-refractivity contribution is -0.117. The summed E-state index contributed by atoms with van der Waals surface area (Å²) in [4.78, 5) is 13.0. The van der Waals surface area contributed by atoms with Gasteiger partial charge in [0.2, 0.25) is 15.9 Å². The van der Waals surface area contributed by atoms with Gasteiger partial charge >= 0.3 is 0 Å². The normalized spacial score (nSPS) is 12.5. The highest BCUT2D eigenvalue weighted by Crippen LogP contribution is 2.26. The van der Waals surface area contributed by atoms with Crippen molar-refractivity contribution in [3.8, 4) is 0 Å². The van der Waals surface area contributed by atoms with Crippen LogP contribution in [0.1, 0.15) is 13.3 Å². The fourth-order valence-corrected chi connectivity index (χ4v) is 4.40. The highest BCUT2D eigenvalue weighted by Gasteiger charge is 2.31. The molecule has 0 aliphatic heterocycles. The Labute approximate surface area is 159 Å². The number of para-hydroxylation sites is 1. The molecular weight excluding hydrogens is 360 g/mol. The number of carbonyl (C=O) groups is 1. The lowest BCUT2D eigenvalue weighted by Gasteiger charge is -2.30. The third-order valence-corrected chi connectivity index (χ3v) is 5.57. The van der Waals surface area contributed by atoms with E-state index in [9.17, 15) is 13.2 Å². The molecule has 0 aromatic heterocycles. The van der Waals surface area contributed by atoms with E-state index in [1.54, 1.807) is 37.3 Å². The van der Waals surface area contributed by atoms with Crippen LogP contribution in [0.3, 0.4) is 0 Å². The van der Waals surface area contributed by atoms with Crippen molar-refractivity contribution in [3.05, 3.63) is 72.8 Å². The van der Waals surface area contributed by atoms with Gasteiger partial charge in [-0.1, -0.05) is 61.5 Å². The molecule has 0 unspecified atom stereocenters. The molecule has 0 saturated heterocycles. The van der Waals surface area contributed by atoms with Gasteiger partial charge in [-0.25, -0.2) is 8.42 Å². The van der Waals surface area contributed by atoms with Gasteiger partial charge in [-0.3, -0.25) is 9.10 Å². The molecule has 3 aromatic carbocycles. The molecule has 0 fully saturated rings. The minimum absolute atomic E-state index is 0.346. The number of fused-ring (bicyclic) bond motifs is 1. The van der Waals surface area contributed by atoms with Gasteiger partial charge in [0.05, 0.1) is 11.9 Å². The number of nitrogens with zero attached hydrogens (tertiary/aromatic N) is 1. The molecule has 5 nitrogen and oxygen atoms in total. The first-order valence-electron chi connectivity index (χ1n) is 8.75. The van der Waals surface area contributed by atoms with Crippen molar-refractivity contribution >= 4 is 38.1 Å². The Morgan fingerprint density at radius 3 is 2.26 bits per heavy atom. The van der Waals surface area contributed by atoms with Gasteiger partial charge in [-0.2, -0.15) is 0 Å². The molecule has 0 heterocycles. The van der Waals surface area contributed by atoms with Crippen molar-refractivity contribution in [2.45, 2.75) is 19.4 Å². The van der Waals surface area contributed by atoms with Crippen molar-refractivity contribution in [1.29, 1.82) is 0 Å². The summed E-state index contributed by atoms with van der Waals surface area (Å²) in [6.07, 6.45) is 1.46. The summed E-state index contributed by atoms with van der Waals surface area (Å²) < 4.78 is 26.1. The molecule has 0 bridgehead atoms. The Morgan fingerprint density at radius 2 is 1.59 bits per heavy atom. The van der Waals surface area contributed by atoms with Crippen LogP contribution in [0.15, 0.2) is 72.8 Å². The van der Waals surface area contributed by atoms with Crippen LogP contribution in [-0.4, -0.2) is 26.6 Å². The zero-order chi connectivity index (χ0) is 19.4. The zero-order valence-electron chi connectivity index (χ0n) is 15.3. The van der Waals surface area contributed by atoms with Crippen LogP contribution < -0.4 is 9.62 Å². The molecule has 0 spiro atoms. The summed E-state index contributed by atoms with van der Waals surface area (Å²) in [7, 11) is -3.64. The Morgan fingerprint density at radius 1 is 0.963 bits per heavy atom. The predicted molar refractivity (Wildman–Crippen MR) is 110 cm³/mol. The number of carbonyl (C=O) groups excluding carboxylic acids is 1. The van der Waals surface area contributed by atoms with E-state index < -0.39 is 16.1 Å². The topological polar surface area (TPSA) is 66.5 Å². The van der Waals surface area contributed by atoms with Crippen LogP contribution in [0.2, 0.25) is 0 Å². The second-order valence-electron chi connectivity index (χ2n) is 6.33. The molecule has 0 saturated carbocycles. The Bertz CT molecular complexity index is 1040. The Balaban J connectivity index is 1.97. The van der Waals surface area contributed by atoms with Crippen LogP contribution in [0.5, 0.6) is 0 Å². The van der Waals surface area contributed by atoms with Crippen LogP contribution in [0, 0.1) is 0 Å². The van der Waals surface area contributed by atoms with Gasteiger partial charge in [0.15, 0.2) is 0 Å². The van der Waals surface area contributed by atoms with Gasteiger partial charge in [-0.05, 0) is 30.0 Å². The fraction of sp³-hybridized carbons (Fsp3) is 0.190. The van der Waals surface area contributed by atoms with Crippen LogP contribution >= 0.6 is 0 Å². The van der Waals surface area contributed by atoms with Gasteiger partial charge in [0.25, 0.3) is 0 Å². The molecule has 0 aliphatic carbocycles. The number of rotatable bonds is 6. The van der Waals surface area contributed by atoms with E-state index in [-0.39, 0.29) is 5.91 Å². The molecule has 3 aromatic rings. The number of anilines is 2. The van der Waals surface area contributed by atoms with Gasteiger partial charge in [0.1, 0.15) is 6.04 Å². The Kier molecular flexibility index (Phi) is 5.46. The SMILES string of the molecule is CC[C@H](C(=O)Nc1cccc2ccccc12)N(c1ccccc1)S(C)(=O)=O. The number of sulfonamides is 1. The van der Waals surface area contributed by atoms with E-state index in [4.69, 9.17) is 0 Å². The largest absolute Gasteiger partial charge is 0.324 e. The summed E-state index contributed by atoms with van der Waals surface area (Å²) in [5, 5.41) is 4.83. The van der Waals surface area contributed by atoms with Crippen molar-refractivity contribution in [1.82, 2.24) is 0 Å². The molecule has 140 valence electrons. The number of hydrogen-bond acceptors (Lipinski definition) is 3. The fourth-order valence-electron chi connectivity index (χ4n) is 3.19. The lowest BCUT2D eigenvalue weighted by Crippen LogP contribution is -2.47. The predicted octanol–water partition coefficient (Wildman–Crippen LogP) is 4.02. The van der Waals surface area contributed by atoms with Crippen molar-refractivity contribution in [3.63, 3.8) is 0 Å². The van der Waals surface area contributed by atoms with Crippen molar-refractivity contribution in [2.75, 3.05) is 15.9 Å². The molecule has 0 aliphatic rings. The monoisotopic (exact) mass is 382 g/mol. The van der Waals surface area contributed by atoms with Gasteiger partial charge in [-0.15, -0.1) is 0 Å². The van der Waals surface area contributed by atoms with E-state index in [0.717, 1.165) is 17.0 Å². The standard InChI is InChI=1S/C21H22N2O3S/c1-3-20(23(27(2,25)26)17-12-5-4-6-13-17)21(24)22-19-15-9-11-16-10-7-8-14-18(16)19/h4-15,20H,3H2,1-2H3,(H,22,24)/t20-/m1/s1. The molecule has 3 rings (SSSR count). The van der Waals surface area contributed by atoms with Crippen LogP contribution in [0.4, 0.5) is 11.4 Å². The summed E-state index contributed by atoms with van der Waals surface area (Å²) in [5.74, 6) is -0.358. The van der Waals surface area contributed by atoms with Gasteiger partial charge in [0, 0.05) is 11.1 Å². The quantitative estimate of drug-likeness (QED) is 0.700. The number of amides is 1. The summed E-state index contributed by atoms with van der Waals surface area (Å²) >= 11 is 0. The lowest BCUT2D eigenvalue weighted by atomic mass is 10.1. The molecule has 6 heteroatoms. The van der Waals surface area contributed by atoms with E-state index >= 15 is 0 Å². The molecular formula is C21H22N2O3S. The first-order chi connectivity index (χ1) is 12.9. The average Bonchev–Trinajstić information content (AvgIpc) is 2.66. The second-order valence-corrected chi connectivity index (χ2v) is 8.19. The highest BCUT2D eigenvalue weighted by atomic mass is 32.2. The molecule has 0 radical (unpaired) electrons. The first kappa shape index (κ1) is 18.9. The summed E-state index contributed by atoms with van der Waals surface area (Å²) in [6, 6.07) is 21.2. The van der Waals surface area contributed by atoms with Crippen molar-refractivity contribution < 1.29 is 13.2 Å². The van der Waals surface area contributed by atoms with E-state index in [0.29, 0.717) is 17.8 Å². The average molecular weight is 382 g/mol. The number of nitrogens with one attached hydrogen (secondary N) is 1.